The number of azide groups is 1. The Bertz CT molecular complexity index is 427. The molecular weight excluding hydrogens is 190 g/mol. The van der Waals surface area contributed by atoms with Crippen LogP contribution in [0.25, 0.3) is 10.4 Å². The largest absolute Gasteiger partial charge is 0.243 e. The average molecular weight is 194 g/mol. The van der Waals surface area contributed by atoms with Crippen LogP contribution in [0, 0.1) is 18.3 Å². The minimum atomic E-state index is 0.122. The predicted octanol–water partition coefficient (Wildman–Crippen LogP) is 2.86. The molecule has 0 amide bonds. The molecule has 0 N–H and O–H groups in total. The van der Waals surface area contributed by atoms with Crippen LogP contribution in [0.4, 0.5) is 5.69 Å². The van der Waals surface area contributed by atoms with Crippen molar-refractivity contribution in [2.75, 3.05) is 0 Å². The molecule has 13 heavy (non-hydrogen) atoms. The van der Waals surface area contributed by atoms with Gasteiger partial charge in [0.25, 0.3) is 0 Å². The average Bonchev–Trinajstić information content (AvgIpc) is 2.11. The summed E-state index contributed by atoms with van der Waals surface area (Å²) in [4.78, 5) is 6.31. The van der Waals surface area contributed by atoms with Gasteiger partial charge in [0.1, 0.15) is 11.2 Å². The monoisotopic (exact) mass is 193 g/mol. The van der Waals surface area contributed by atoms with Gasteiger partial charge in [-0.15, -0.1) is 0 Å². The highest BCUT2D eigenvalue weighted by atomic mass is 35.5. The smallest absolute Gasteiger partial charge is 0.147 e. The Morgan fingerprint density at radius 2 is 2.46 bits per heavy atom. The lowest BCUT2D eigenvalue weighted by Crippen LogP contribution is -1.87. The quantitative estimate of drug-likeness (QED) is 0.297. The number of halogens is 1. The maximum atomic E-state index is 8.68. The second kappa shape index (κ2) is 3.76. The molecule has 0 bridgehead atoms. The van der Waals surface area contributed by atoms with Gasteiger partial charge in [0.15, 0.2) is 0 Å². The van der Waals surface area contributed by atoms with Gasteiger partial charge >= 0.3 is 0 Å². The van der Waals surface area contributed by atoms with Gasteiger partial charge in [0.2, 0.25) is 0 Å². The maximum Gasteiger partial charge on any atom is 0.147 e. The number of pyridine rings is 1. The molecule has 0 radical (unpaired) electrons. The highest BCUT2D eigenvalue weighted by Gasteiger charge is 2.07. The Balaban J connectivity index is 3.46. The third kappa shape index (κ3) is 1.70. The van der Waals surface area contributed by atoms with E-state index in [0.717, 1.165) is 0 Å². The van der Waals surface area contributed by atoms with Gasteiger partial charge in [0, 0.05) is 11.1 Å². The Morgan fingerprint density at radius 1 is 1.77 bits per heavy atom. The van der Waals surface area contributed by atoms with Crippen LogP contribution in [0.5, 0.6) is 0 Å². The van der Waals surface area contributed by atoms with E-state index in [1.807, 2.05) is 6.07 Å². The fourth-order valence-corrected chi connectivity index (χ4v) is 1.07. The van der Waals surface area contributed by atoms with Crippen LogP contribution in [0.3, 0.4) is 0 Å². The number of nitrogens with zero attached hydrogens (tertiary/aromatic N) is 5. The van der Waals surface area contributed by atoms with Crippen LogP contribution >= 0.6 is 11.6 Å². The molecule has 64 valence electrons. The fourth-order valence-electron chi connectivity index (χ4n) is 0.841. The van der Waals surface area contributed by atoms with Crippen molar-refractivity contribution >= 4 is 17.3 Å². The van der Waals surface area contributed by atoms with E-state index < -0.39 is 0 Å². The molecule has 0 saturated heterocycles. The lowest BCUT2D eigenvalue weighted by molar-refractivity contribution is 1.23. The minimum absolute atomic E-state index is 0.122. The summed E-state index contributed by atoms with van der Waals surface area (Å²) in [5, 5.41) is 12.2. The highest BCUT2D eigenvalue weighted by molar-refractivity contribution is 6.30. The van der Waals surface area contributed by atoms with E-state index in [-0.39, 0.29) is 10.7 Å². The maximum absolute atomic E-state index is 8.68. The fraction of sp³-hybridized carbons (Fsp3) is 0.143. The van der Waals surface area contributed by atoms with Crippen molar-refractivity contribution in [1.29, 1.82) is 5.26 Å². The standard InChI is InChI=1S/C7H4ClN5/c1-4-5(2-9)7(8)11-3-6(4)12-13-10/h3H,1H3. The van der Waals surface area contributed by atoms with E-state index in [4.69, 9.17) is 22.4 Å². The van der Waals surface area contributed by atoms with Crippen molar-refractivity contribution in [2.45, 2.75) is 6.92 Å². The van der Waals surface area contributed by atoms with Crippen LogP contribution in [0.1, 0.15) is 11.1 Å². The number of hydrogen-bond donors (Lipinski definition) is 0. The SMILES string of the molecule is Cc1c(N=[N+]=[N-])cnc(Cl)c1C#N. The van der Waals surface area contributed by atoms with Crippen molar-refractivity contribution in [3.63, 3.8) is 0 Å². The summed E-state index contributed by atoms with van der Waals surface area (Å²) in [6.07, 6.45) is 1.33. The lowest BCUT2D eigenvalue weighted by Gasteiger charge is -2.01. The molecule has 0 atom stereocenters. The van der Waals surface area contributed by atoms with E-state index in [9.17, 15) is 0 Å². The molecular formula is C7H4ClN5. The molecule has 0 aliphatic rings. The number of rotatable bonds is 1. The molecule has 0 aromatic carbocycles. The van der Waals surface area contributed by atoms with E-state index >= 15 is 0 Å². The highest BCUT2D eigenvalue weighted by Crippen LogP contribution is 2.25. The predicted molar refractivity (Wildman–Crippen MR) is 47.5 cm³/mol. The zero-order valence-corrected chi connectivity index (χ0v) is 7.45. The van der Waals surface area contributed by atoms with Gasteiger partial charge in [-0.25, -0.2) is 4.98 Å². The molecule has 0 fully saturated rings. The lowest BCUT2D eigenvalue weighted by atomic mass is 10.1. The Hall–Kier alpha value is -1.76. The molecule has 6 heteroatoms. The molecule has 1 heterocycles. The Kier molecular flexibility index (Phi) is 2.70. The van der Waals surface area contributed by atoms with Gasteiger partial charge in [-0.05, 0) is 18.0 Å². The number of hydrogen-bond acceptors (Lipinski definition) is 3. The van der Waals surface area contributed by atoms with Gasteiger partial charge in [-0.2, -0.15) is 5.26 Å². The zero-order valence-electron chi connectivity index (χ0n) is 6.69. The molecule has 0 unspecified atom stereocenters. The van der Waals surface area contributed by atoms with E-state index in [1.165, 1.54) is 6.20 Å². The van der Waals surface area contributed by atoms with Gasteiger partial charge in [-0.3, -0.25) is 0 Å². The number of aromatic nitrogens is 1. The summed E-state index contributed by atoms with van der Waals surface area (Å²) < 4.78 is 0. The third-order valence-corrected chi connectivity index (χ3v) is 1.82. The van der Waals surface area contributed by atoms with Crippen LogP contribution in [-0.4, -0.2) is 4.98 Å². The zero-order chi connectivity index (χ0) is 9.84. The first-order valence-electron chi connectivity index (χ1n) is 3.31. The van der Waals surface area contributed by atoms with E-state index in [0.29, 0.717) is 11.3 Å². The summed E-state index contributed by atoms with van der Waals surface area (Å²) in [6, 6.07) is 1.88. The van der Waals surface area contributed by atoms with Crippen molar-refractivity contribution in [1.82, 2.24) is 4.98 Å². The molecule has 1 aromatic rings. The summed E-state index contributed by atoms with van der Waals surface area (Å²) in [6.45, 7) is 1.65. The normalized spacial score (nSPS) is 8.69. The van der Waals surface area contributed by atoms with Crippen LogP contribution < -0.4 is 0 Å². The molecule has 0 aliphatic carbocycles. The first-order chi connectivity index (χ1) is 6.20. The first-order valence-corrected chi connectivity index (χ1v) is 3.68. The van der Waals surface area contributed by atoms with Crippen molar-refractivity contribution < 1.29 is 0 Å². The molecule has 5 nitrogen and oxygen atoms in total. The Labute approximate surface area is 79.2 Å². The molecule has 0 aliphatic heterocycles. The van der Waals surface area contributed by atoms with Gasteiger partial charge in [0.05, 0.1) is 11.3 Å². The van der Waals surface area contributed by atoms with E-state index in [2.05, 4.69) is 15.0 Å². The number of nitriles is 1. The second-order valence-corrected chi connectivity index (χ2v) is 2.59. The van der Waals surface area contributed by atoms with Crippen LogP contribution in [0.15, 0.2) is 11.3 Å². The summed E-state index contributed by atoms with van der Waals surface area (Å²) in [7, 11) is 0. The molecule has 1 aromatic heterocycles. The van der Waals surface area contributed by atoms with Crippen molar-refractivity contribution in [3.8, 4) is 6.07 Å². The minimum Gasteiger partial charge on any atom is -0.243 e. The summed E-state index contributed by atoms with van der Waals surface area (Å²) >= 11 is 5.63. The molecule has 1 rings (SSSR count). The molecule has 0 spiro atoms. The molecule has 0 saturated carbocycles. The van der Waals surface area contributed by atoms with Crippen molar-refractivity contribution in [3.05, 3.63) is 32.9 Å². The van der Waals surface area contributed by atoms with Gasteiger partial charge < -0.3 is 0 Å². The van der Waals surface area contributed by atoms with Crippen LogP contribution in [-0.2, 0) is 0 Å². The third-order valence-electron chi connectivity index (χ3n) is 1.53. The Morgan fingerprint density at radius 3 is 3.00 bits per heavy atom. The van der Waals surface area contributed by atoms with E-state index in [1.54, 1.807) is 6.92 Å². The summed E-state index contributed by atoms with van der Waals surface area (Å²) in [5.74, 6) is 0. The topological polar surface area (TPSA) is 85.4 Å². The van der Waals surface area contributed by atoms with Gasteiger partial charge in [-0.1, -0.05) is 16.7 Å². The van der Waals surface area contributed by atoms with Crippen LogP contribution in [0.2, 0.25) is 5.15 Å². The first kappa shape index (κ1) is 9.33. The second-order valence-electron chi connectivity index (χ2n) is 2.24. The summed E-state index contributed by atoms with van der Waals surface area (Å²) in [5.41, 5.74) is 9.30. The van der Waals surface area contributed by atoms with Crippen molar-refractivity contribution in [2.24, 2.45) is 5.11 Å².